The lowest BCUT2D eigenvalue weighted by molar-refractivity contribution is -0.663. The highest BCUT2D eigenvalue weighted by molar-refractivity contribution is 7.80. The van der Waals surface area contributed by atoms with E-state index >= 15 is 0 Å². The Bertz CT molecular complexity index is 590. The molecule has 2 unspecified atom stereocenters. The van der Waals surface area contributed by atoms with E-state index in [0.29, 0.717) is 17.9 Å². The summed E-state index contributed by atoms with van der Waals surface area (Å²) < 4.78 is 34.8. The fourth-order valence-electron chi connectivity index (χ4n) is 3.47. The summed E-state index contributed by atoms with van der Waals surface area (Å²) in [5, 5.41) is 5.82. The number of rotatable bonds is 4. The minimum Gasteiger partial charge on any atom is -0.351 e. The van der Waals surface area contributed by atoms with Crippen molar-refractivity contribution in [1.82, 2.24) is 15.3 Å². The molecule has 0 saturated carbocycles. The number of piperidine rings is 2. The number of nitrogens with zero attached hydrogens (tertiary/aromatic N) is 2. The molecule has 0 aliphatic carbocycles. The van der Waals surface area contributed by atoms with Crippen LogP contribution in [0.25, 0.3) is 0 Å². The molecule has 130 valence electrons. The Morgan fingerprint density at radius 2 is 1.96 bits per heavy atom. The summed E-state index contributed by atoms with van der Waals surface area (Å²) in [7, 11) is -4.77. The SMILES string of the molecule is O=C(NC1CC[NH2+]CC1)C1CCC2CN1C(=O)N2OS(=O)(=O)O. The first kappa shape index (κ1) is 16.4. The Hall–Kier alpha value is -1.43. The summed E-state index contributed by atoms with van der Waals surface area (Å²) >= 11 is 0. The molecule has 0 spiro atoms. The van der Waals surface area contributed by atoms with Crippen LogP contribution < -0.4 is 10.6 Å². The molecule has 23 heavy (non-hydrogen) atoms. The number of nitrogens with two attached hydrogens (primary N) is 1. The lowest BCUT2D eigenvalue weighted by Gasteiger charge is -2.31. The van der Waals surface area contributed by atoms with Gasteiger partial charge < -0.3 is 15.5 Å². The number of hydroxylamine groups is 2. The van der Waals surface area contributed by atoms with Crippen LogP contribution >= 0.6 is 0 Å². The van der Waals surface area contributed by atoms with E-state index in [4.69, 9.17) is 4.55 Å². The van der Waals surface area contributed by atoms with Gasteiger partial charge in [0, 0.05) is 25.4 Å². The summed E-state index contributed by atoms with van der Waals surface area (Å²) in [5.41, 5.74) is 0. The van der Waals surface area contributed by atoms with E-state index in [0.717, 1.165) is 25.9 Å². The Morgan fingerprint density at radius 1 is 1.26 bits per heavy atom. The summed E-state index contributed by atoms with van der Waals surface area (Å²) in [6, 6.07) is -1.69. The maximum absolute atomic E-state index is 12.4. The van der Waals surface area contributed by atoms with Crippen LogP contribution in [0.15, 0.2) is 0 Å². The number of fused-ring (bicyclic) bond motifs is 2. The van der Waals surface area contributed by atoms with Crippen molar-refractivity contribution in [3.05, 3.63) is 0 Å². The van der Waals surface area contributed by atoms with Crippen LogP contribution in [-0.4, -0.2) is 72.6 Å². The maximum Gasteiger partial charge on any atom is 0.418 e. The lowest BCUT2D eigenvalue weighted by Crippen LogP contribution is -2.87. The van der Waals surface area contributed by atoms with E-state index in [1.54, 1.807) is 0 Å². The Labute approximate surface area is 134 Å². The topological polar surface area (TPSA) is 133 Å². The zero-order chi connectivity index (χ0) is 16.6. The smallest absolute Gasteiger partial charge is 0.351 e. The molecular weight excluding hydrogens is 328 g/mol. The first-order chi connectivity index (χ1) is 10.8. The summed E-state index contributed by atoms with van der Waals surface area (Å²) in [5.74, 6) is -0.211. The molecule has 0 aromatic carbocycles. The van der Waals surface area contributed by atoms with Gasteiger partial charge in [-0.05, 0) is 12.8 Å². The van der Waals surface area contributed by atoms with Crippen LogP contribution in [0.4, 0.5) is 4.79 Å². The number of nitrogens with one attached hydrogen (secondary N) is 1. The third-order valence-corrected chi connectivity index (χ3v) is 4.93. The summed E-state index contributed by atoms with van der Waals surface area (Å²) in [4.78, 5) is 26.0. The number of carbonyl (C=O) groups is 2. The summed E-state index contributed by atoms with van der Waals surface area (Å²) in [6.45, 7) is 2.15. The highest BCUT2D eigenvalue weighted by atomic mass is 32.3. The molecule has 3 saturated heterocycles. The molecule has 2 bridgehead atoms. The average Bonchev–Trinajstić information content (AvgIpc) is 2.72. The summed E-state index contributed by atoms with van der Waals surface area (Å²) in [6.07, 6.45) is 2.67. The monoisotopic (exact) mass is 349 g/mol. The van der Waals surface area contributed by atoms with Gasteiger partial charge in [0.1, 0.15) is 6.04 Å². The predicted molar refractivity (Wildman–Crippen MR) is 76.2 cm³/mol. The second kappa shape index (κ2) is 6.23. The van der Waals surface area contributed by atoms with E-state index in [-0.39, 0.29) is 18.5 Å². The third kappa shape index (κ3) is 3.57. The van der Waals surface area contributed by atoms with E-state index in [9.17, 15) is 18.0 Å². The maximum atomic E-state index is 12.4. The number of urea groups is 1. The standard InChI is InChI=1S/C12H20N4O6S/c17-11(14-8-3-5-13-6-4-8)10-2-1-9-7-15(10)12(18)16(9)22-23(19,20)21/h8-10,13H,1-7H2,(H,14,17)(H,19,20,21)/p+1. The second-order valence-electron chi connectivity index (χ2n) is 6.16. The van der Waals surface area contributed by atoms with E-state index in [1.807, 2.05) is 0 Å². The molecule has 3 rings (SSSR count). The van der Waals surface area contributed by atoms with Crippen LogP contribution in [0, 0.1) is 0 Å². The van der Waals surface area contributed by atoms with Crippen LogP contribution in [-0.2, 0) is 19.5 Å². The molecule has 2 atom stereocenters. The van der Waals surface area contributed by atoms with Gasteiger partial charge in [-0.1, -0.05) is 0 Å². The third-order valence-electron chi connectivity index (χ3n) is 4.58. The van der Waals surface area contributed by atoms with Crippen molar-refractivity contribution in [2.45, 2.75) is 43.8 Å². The minimum atomic E-state index is -4.77. The van der Waals surface area contributed by atoms with Gasteiger partial charge in [-0.3, -0.25) is 9.35 Å². The lowest BCUT2D eigenvalue weighted by atomic mass is 9.99. The Kier molecular flexibility index (Phi) is 4.45. The van der Waals surface area contributed by atoms with Gasteiger partial charge in [-0.15, -0.1) is 4.28 Å². The van der Waals surface area contributed by atoms with Gasteiger partial charge in [0.2, 0.25) is 5.91 Å². The molecule has 10 nitrogen and oxygen atoms in total. The Balaban J connectivity index is 1.64. The molecule has 3 fully saturated rings. The largest absolute Gasteiger partial charge is 0.418 e. The number of carbonyl (C=O) groups excluding carboxylic acids is 2. The highest BCUT2D eigenvalue weighted by Crippen LogP contribution is 2.30. The fourth-order valence-corrected chi connectivity index (χ4v) is 3.86. The second-order valence-corrected chi connectivity index (χ2v) is 7.16. The van der Waals surface area contributed by atoms with Crippen LogP contribution in [0.2, 0.25) is 0 Å². The van der Waals surface area contributed by atoms with E-state index < -0.39 is 28.5 Å². The normalized spacial score (nSPS) is 29.0. The molecule has 3 heterocycles. The van der Waals surface area contributed by atoms with E-state index in [1.165, 1.54) is 4.90 Å². The molecule has 4 N–H and O–H groups in total. The zero-order valence-corrected chi connectivity index (χ0v) is 13.4. The van der Waals surface area contributed by atoms with Crippen molar-refractivity contribution in [2.24, 2.45) is 0 Å². The number of hydrogen-bond donors (Lipinski definition) is 3. The molecule has 3 aliphatic rings. The van der Waals surface area contributed by atoms with Gasteiger partial charge >= 0.3 is 16.4 Å². The quantitative estimate of drug-likeness (QED) is 0.495. The van der Waals surface area contributed by atoms with Gasteiger partial charge in [0.25, 0.3) is 0 Å². The molecule has 3 aliphatic heterocycles. The molecule has 0 radical (unpaired) electrons. The van der Waals surface area contributed by atoms with Crippen molar-refractivity contribution >= 4 is 22.3 Å². The van der Waals surface area contributed by atoms with Crippen molar-refractivity contribution < 1.29 is 32.2 Å². The zero-order valence-electron chi connectivity index (χ0n) is 12.6. The van der Waals surface area contributed by atoms with Gasteiger partial charge in [-0.25, -0.2) is 4.79 Å². The first-order valence-electron chi connectivity index (χ1n) is 7.74. The first-order valence-corrected chi connectivity index (χ1v) is 9.10. The molecule has 11 heteroatoms. The van der Waals surface area contributed by atoms with Gasteiger partial charge in [0.15, 0.2) is 0 Å². The van der Waals surface area contributed by atoms with Crippen LogP contribution in [0.3, 0.4) is 0 Å². The Morgan fingerprint density at radius 3 is 2.61 bits per heavy atom. The number of quaternary nitrogens is 1. The van der Waals surface area contributed by atoms with Crippen molar-refractivity contribution in [3.63, 3.8) is 0 Å². The molecule has 3 amide bonds. The predicted octanol–water partition coefficient (Wildman–Crippen LogP) is -2.17. The van der Waals surface area contributed by atoms with Crippen molar-refractivity contribution in [2.75, 3.05) is 19.6 Å². The molecule has 0 aromatic heterocycles. The van der Waals surface area contributed by atoms with E-state index in [2.05, 4.69) is 14.9 Å². The number of hydrogen-bond acceptors (Lipinski definition) is 5. The average molecular weight is 349 g/mol. The van der Waals surface area contributed by atoms with Crippen LogP contribution in [0.5, 0.6) is 0 Å². The van der Waals surface area contributed by atoms with Gasteiger partial charge in [-0.2, -0.15) is 13.5 Å². The van der Waals surface area contributed by atoms with Crippen LogP contribution in [0.1, 0.15) is 25.7 Å². The number of amides is 3. The van der Waals surface area contributed by atoms with Crippen molar-refractivity contribution in [3.8, 4) is 0 Å². The van der Waals surface area contributed by atoms with Gasteiger partial charge in [0.05, 0.1) is 19.1 Å². The minimum absolute atomic E-state index is 0.119. The molecular formula is C12H21N4O6S+. The van der Waals surface area contributed by atoms with Crippen molar-refractivity contribution in [1.29, 1.82) is 0 Å². The molecule has 0 aromatic rings. The highest BCUT2D eigenvalue weighted by Gasteiger charge is 2.49. The fraction of sp³-hybridized carbons (Fsp3) is 0.833.